The van der Waals surface area contributed by atoms with Gasteiger partial charge in [-0.1, -0.05) is 13.8 Å². The standard InChI is InChI=1S/C6H16N2O/c1-4(2)6(8)5(7)3-9/h4-6,9H,3,7-8H2,1-2H3. The van der Waals surface area contributed by atoms with Crippen molar-refractivity contribution in [3.8, 4) is 0 Å². The van der Waals surface area contributed by atoms with Crippen LogP contribution in [-0.4, -0.2) is 23.8 Å². The number of rotatable bonds is 3. The van der Waals surface area contributed by atoms with Crippen LogP contribution in [0.3, 0.4) is 0 Å². The summed E-state index contributed by atoms with van der Waals surface area (Å²) < 4.78 is 0. The van der Waals surface area contributed by atoms with Crippen molar-refractivity contribution in [2.45, 2.75) is 25.9 Å². The summed E-state index contributed by atoms with van der Waals surface area (Å²) in [5.74, 6) is 0.340. The molecule has 0 aromatic heterocycles. The SMILES string of the molecule is CC(C)C(N)C(N)CO. The quantitative estimate of drug-likeness (QED) is 0.475. The predicted molar refractivity (Wildman–Crippen MR) is 37.9 cm³/mol. The molecule has 0 aliphatic heterocycles. The van der Waals surface area contributed by atoms with Gasteiger partial charge in [-0.3, -0.25) is 0 Å². The number of nitrogens with two attached hydrogens (primary N) is 2. The summed E-state index contributed by atoms with van der Waals surface area (Å²) >= 11 is 0. The third-order valence-corrected chi connectivity index (χ3v) is 1.48. The minimum atomic E-state index is -0.273. The molecule has 0 rings (SSSR count). The molecule has 2 atom stereocenters. The van der Waals surface area contributed by atoms with Crippen LogP contribution in [0.5, 0.6) is 0 Å². The van der Waals surface area contributed by atoms with E-state index < -0.39 is 0 Å². The van der Waals surface area contributed by atoms with Crippen LogP contribution in [0.4, 0.5) is 0 Å². The first kappa shape index (κ1) is 8.88. The van der Waals surface area contributed by atoms with Gasteiger partial charge < -0.3 is 16.6 Å². The van der Waals surface area contributed by atoms with E-state index in [1.165, 1.54) is 0 Å². The van der Waals surface area contributed by atoms with Crippen molar-refractivity contribution in [2.75, 3.05) is 6.61 Å². The van der Waals surface area contributed by atoms with E-state index in [2.05, 4.69) is 0 Å². The molecule has 0 fully saturated rings. The van der Waals surface area contributed by atoms with E-state index in [0.29, 0.717) is 5.92 Å². The van der Waals surface area contributed by atoms with Crippen LogP contribution < -0.4 is 11.5 Å². The Bertz CT molecular complexity index is 75.5. The molecule has 56 valence electrons. The molecule has 0 aliphatic rings. The van der Waals surface area contributed by atoms with Crippen LogP contribution in [0, 0.1) is 5.92 Å². The van der Waals surface area contributed by atoms with Crippen LogP contribution in [0.15, 0.2) is 0 Å². The molecule has 0 saturated carbocycles. The highest BCUT2D eigenvalue weighted by Gasteiger charge is 2.14. The summed E-state index contributed by atoms with van der Waals surface area (Å²) in [6.07, 6.45) is 0. The number of aliphatic hydroxyl groups is 1. The molecule has 3 heteroatoms. The Morgan fingerprint density at radius 2 is 1.78 bits per heavy atom. The second-order valence-corrected chi connectivity index (χ2v) is 2.67. The first-order valence-electron chi connectivity index (χ1n) is 3.21. The molecule has 0 aliphatic carbocycles. The van der Waals surface area contributed by atoms with Gasteiger partial charge in [0.15, 0.2) is 0 Å². The van der Waals surface area contributed by atoms with Crippen molar-refractivity contribution < 1.29 is 5.11 Å². The van der Waals surface area contributed by atoms with E-state index in [4.69, 9.17) is 16.6 Å². The molecule has 3 nitrogen and oxygen atoms in total. The zero-order chi connectivity index (χ0) is 7.44. The first-order chi connectivity index (χ1) is 4.09. The lowest BCUT2D eigenvalue weighted by molar-refractivity contribution is 0.233. The Balaban J connectivity index is 3.58. The maximum atomic E-state index is 8.55. The zero-order valence-electron chi connectivity index (χ0n) is 6.04. The van der Waals surface area contributed by atoms with E-state index in [1.807, 2.05) is 13.8 Å². The van der Waals surface area contributed by atoms with E-state index in [9.17, 15) is 0 Å². The van der Waals surface area contributed by atoms with Crippen LogP contribution >= 0.6 is 0 Å². The highest BCUT2D eigenvalue weighted by Crippen LogP contribution is 2.00. The summed E-state index contributed by atoms with van der Waals surface area (Å²) in [4.78, 5) is 0. The molecule has 0 amide bonds. The van der Waals surface area contributed by atoms with E-state index >= 15 is 0 Å². The monoisotopic (exact) mass is 132 g/mol. The molecule has 5 N–H and O–H groups in total. The van der Waals surface area contributed by atoms with Crippen molar-refractivity contribution >= 4 is 0 Å². The Morgan fingerprint density at radius 3 is 1.89 bits per heavy atom. The van der Waals surface area contributed by atoms with Crippen molar-refractivity contribution in [3.63, 3.8) is 0 Å². The lowest BCUT2D eigenvalue weighted by Crippen LogP contribution is -2.47. The highest BCUT2D eigenvalue weighted by atomic mass is 16.3. The molecule has 0 saturated heterocycles. The third-order valence-electron chi connectivity index (χ3n) is 1.48. The molecule has 0 spiro atoms. The second-order valence-electron chi connectivity index (χ2n) is 2.67. The normalized spacial score (nSPS) is 18.0. The van der Waals surface area contributed by atoms with Crippen LogP contribution in [-0.2, 0) is 0 Å². The smallest absolute Gasteiger partial charge is 0.0597 e. The average molecular weight is 132 g/mol. The second kappa shape index (κ2) is 3.82. The molecule has 0 aromatic carbocycles. The lowest BCUT2D eigenvalue weighted by atomic mass is 9.99. The topological polar surface area (TPSA) is 72.3 Å². The predicted octanol–water partition coefficient (Wildman–Crippen LogP) is -0.711. The van der Waals surface area contributed by atoms with Gasteiger partial charge in [-0.2, -0.15) is 0 Å². The van der Waals surface area contributed by atoms with Crippen LogP contribution in [0.2, 0.25) is 0 Å². The van der Waals surface area contributed by atoms with E-state index in [1.54, 1.807) is 0 Å². The fourth-order valence-corrected chi connectivity index (χ4v) is 0.616. The number of aliphatic hydroxyl groups excluding tert-OH is 1. The maximum Gasteiger partial charge on any atom is 0.0597 e. The Kier molecular flexibility index (Phi) is 3.77. The molecular weight excluding hydrogens is 116 g/mol. The summed E-state index contributed by atoms with van der Waals surface area (Å²) in [5, 5.41) is 8.55. The largest absolute Gasteiger partial charge is 0.395 e. The minimum absolute atomic E-state index is 0.0284. The van der Waals surface area contributed by atoms with Crippen molar-refractivity contribution in [1.29, 1.82) is 0 Å². The van der Waals surface area contributed by atoms with Crippen LogP contribution in [0.25, 0.3) is 0 Å². The molecule has 0 aromatic rings. The van der Waals surface area contributed by atoms with E-state index in [0.717, 1.165) is 0 Å². The summed E-state index contributed by atoms with van der Waals surface area (Å²) in [6, 6.07) is -0.361. The fraction of sp³-hybridized carbons (Fsp3) is 1.00. The van der Waals surface area contributed by atoms with Crippen molar-refractivity contribution in [1.82, 2.24) is 0 Å². The van der Waals surface area contributed by atoms with Gasteiger partial charge in [0.25, 0.3) is 0 Å². The maximum absolute atomic E-state index is 8.55. The van der Waals surface area contributed by atoms with Gasteiger partial charge >= 0.3 is 0 Å². The van der Waals surface area contributed by atoms with Gasteiger partial charge in [-0.15, -0.1) is 0 Å². The average Bonchev–Trinajstić information content (AvgIpc) is 1.84. The van der Waals surface area contributed by atoms with Gasteiger partial charge in [-0.25, -0.2) is 0 Å². The minimum Gasteiger partial charge on any atom is -0.395 e. The third kappa shape index (κ3) is 2.79. The van der Waals surface area contributed by atoms with Gasteiger partial charge in [0.05, 0.1) is 6.61 Å². The molecule has 0 bridgehead atoms. The molecule has 0 heterocycles. The van der Waals surface area contributed by atoms with Crippen LogP contribution in [0.1, 0.15) is 13.8 Å². The first-order valence-corrected chi connectivity index (χ1v) is 3.21. The molecule has 0 radical (unpaired) electrons. The van der Waals surface area contributed by atoms with Crippen molar-refractivity contribution in [3.05, 3.63) is 0 Å². The Labute approximate surface area is 56.0 Å². The summed E-state index contributed by atoms with van der Waals surface area (Å²) in [5.41, 5.74) is 11.0. The lowest BCUT2D eigenvalue weighted by Gasteiger charge is -2.20. The summed E-state index contributed by atoms with van der Waals surface area (Å²) in [6.45, 7) is 3.94. The van der Waals surface area contributed by atoms with Gasteiger partial charge in [0, 0.05) is 12.1 Å². The fourth-order valence-electron chi connectivity index (χ4n) is 0.616. The van der Waals surface area contributed by atoms with Gasteiger partial charge in [-0.05, 0) is 5.92 Å². The Morgan fingerprint density at radius 1 is 1.33 bits per heavy atom. The number of hydrogen-bond acceptors (Lipinski definition) is 3. The Hall–Kier alpha value is -0.120. The number of hydrogen-bond donors (Lipinski definition) is 3. The molecule has 2 unspecified atom stereocenters. The van der Waals surface area contributed by atoms with Gasteiger partial charge in [0.1, 0.15) is 0 Å². The summed E-state index contributed by atoms with van der Waals surface area (Å²) in [7, 11) is 0. The van der Waals surface area contributed by atoms with Crippen molar-refractivity contribution in [2.24, 2.45) is 17.4 Å². The van der Waals surface area contributed by atoms with Gasteiger partial charge in [0.2, 0.25) is 0 Å². The molecular formula is C6H16N2O. The van der Waals surface area contributed by atoms with E-state index in [-0.39, 0.29) is 18.7 Å². The highest BCUT2D eigenvalue weighted by molar-refractivity contribution is 4.77. The zero-order valence-corrected chi connectivity index (χ0v) is 6.04. The molecule has 9 heavy (non-hydrogen) atoms.